The second-order valence-corrected chi connectivity index (χ2v) is 8.79. The van der Waals surface area contributed by atoms with E-state index in [1.54, 1.807) is 0 Å². The van der Waals surface area contributed by atoms with E-state index in [4.69, 9.17) is 0 Å². The number of fused-ring (bicyclic) bond motifs is 1. The molecule has 0 aromatic heterocycles. The zero-order chi connectivity index (χ0) is 18.6. The molecular formula is C23H25FN2O. The summed E-state index contributed by atoms with van der Waals surface area (Å²) in [5, 5.41) is 3.16. The molecule has 1 aliphatic heterocycles. The summed E-state index contributed by atoms with van der Waals surface area (Å²) < 4.78 is 13.2. The summed E-state index contributed by atoms with van der Waals surface area (Å²) in [6.07, 6.45) is 5.37. The molecule has 2 aromatic carbocycles. The molecule has 4 heteroatoms. The monoisotopic (exact) mass is 364 g/mol. The first-order valence-electron chi connectivity index (χ1n) is 9.92. The lowest BCUT2D eigenvalue weighted by molar-refractivity contribution is -0.139. The van der Waals surface area contributed by atoms with Crippen LogP contribution in [0.15, 0.2) is 36.4 Å². The Balaban J connectivity index is 1.30. The van der Waals surface area contributed by atoms with E-state index in [0.717, 1.165) is 42.4 Å². The van der Waals surface area contributed by atoms with Gasteiger partial charge in [0.25, 0.3) is 0 Å². The maximum Gasteiger partial charge on any atom is 0.224 e. The lowest BCUT2D eigenvalue weighted by atomic mass is 9.43. The van der Waals surface area contributed by atoms with Crippen LogP contribution in [0, 0.1) is 24.1 Å². The lowest BCUT2D eigenvalue weighted by Crippen LogP contribution is -2.53. The number of amides is 1. The van der Waals surface area contributed by atoms with Crippen molar-refractivity contribution in [1.82, 2.24) is 0 Å². The highest BCUT2D eigenvalue weighted by molar-refractivity contribution is 5.92. The van der Waals surface area contributed by atoms with Crippen molar-refractivity contribution in [3.05, 3.63) is 58.9 Å². The van der Waals surface area contributed by atoms with Crippen LogP contribution in [0.1, 0.15) is 42.4 Å². The van der Waals surface area contributed by atoms with E-state index >= 15 is 0 Å². The van der Waals surface area contributed by atoms with Gasteiger partial charge in [-0.2, -0.15) is 0 Å². The third-order valence-corrected chi connectivity index (χ3v) is 6.73. The van der Waals surface area contributed by atoms with Crippen molar-refractivity contribution >= 4 is 17.3 Å². The minimum Gasteiger partial charge on any atom is -0.367 e. The third-order valence-electron chi connectivity index (χ3n) is 6.73. The highest BCUT2D eigenvalue weighted by Crippen LogP contribution is 2.66. The summed E-state index contributed by atoms with van der Waals surface area (Å²) in [6.45, 7) is 3.79. The molecule has 1 N–H and O–H groups in total. The molecule has 2 aromatic rings. The topological polar surface area (TPSA) is 32.3 Å². The Kier molecular flexibility index (Phi) is 3.78. The van der Waals surface area contributed by atoms with Gasteiger partial charge in [0.15, 0.2) is 0 Å². The first-order chi connectivity index (χ1) is 13.0. The van der Waals surface area contributed by atoms with Gasteiger partial charge in [-0.15, -0.1) is 0 Å². The van der Waals surface area contributed by atoms with E-state index in [2.05, 4.69) is 29.3 Å². The number of benzene rings is 2. The minimum absolute atomic E-state index is 0.167. The van der Waals surface area contributed by atoms with Gasteiger partial charge in [-0.3, -0.25) is 4.79 Å². The van der Waals surface area contributed by atoms with Crippen LogP contribution in [-0.2, 0) is 17.8 Å². The number of halogens is 1. The number of aryl methyl sites for hydroxylation is 1. The SMILES string of the molecule is Cc1cc2c(cc1NC(=O)CC13CC(C1)C3)CCN(c1ccc(F)cc1)C2. The van der Waals surface area contributed by atoms with Crippen LogP contribution in [0.3, 0.4) is 0 Å². The van der Waals surface area contributed by atoms with Crippen LogP contribution in [0.5, 0.6) is 0 Å². The van der Waals surface area contributed by atoms with Crippen LogP contribution < -0.4 is 10.2 Å². The maximum atomic E-state index is 13.2. The molecule has 6 rings (SSSR count). The van der Waals surface area contributed by atoms with Gasteiger partial charge in [0, 0.05) is 30.9 Å². The second kappa shape index (κ2) is 6.08. The fourth-order valence-corrected chi connectivity index (χ4v) is 5.15. The average molecular weight is 364 g/mol. The van der Waals surface area contributed by atoms with Gasteiger partial charge in [0.2, 0.25) is 5.91 Å². The number of rotatable bonds is 4. The first kappa shape index (κ1) is 16.8. The number of hydrogen-bond donors (Lipinski definition) is 1. The summed E-state index contributed by atoms with van der Waals surface area (Å²) >= 11 is 0. The molecule has 140 valence electrons. The van der Waals surface area contributed by atoms with E-state index in [0.29, 0.717) is 11.8 Å². The summed E-state index contributed by atoms with van der Waals surface area (Å²) in [4.78, 5) is 14.8. The van der Waals surface area contributed by atoms with Crippen LogP contribution >= 0.6 is 0 Å². The summed E-state index contributed by atoms with van der Waals surface area (Å²) in [7, 11) is 0. The Bertz CT molecular complexity index is 888. The van der Waals surface area contributed by atoms with Crippen molar-refractivity contribution in [2.75, 3.05) is 16.8 Å². The van der Waals surface area contributed by atoms with E-state index < -0.39 is 0 Å². The Morgan fingerprint density at radius 2 is 1.93 bits per heavy atom. The number of nitrogens with zero attached hydrogens (tertiary/aromatic N) is 1. The molecule has 0 atom stereocenters. The van der Waals surface area contributed by atoms with Gasteiger partial charge in [-0.25, -0.2) is 4.39 Å². The largest absolute Gasteiger partial charge is 0.367 e. The van der Waals surface area contributed by atoms with Gasteiger partial charge < -0.3 is 10.2 Å². The second-order valence-electron chi connectivity index (χ2n) is 8.79. The fourth-order valence-electron chi connectivity index (χ4n) is 5.15. The fraction of sp³-hybridized carbons (Fsp3) is 0.435. The van der Waals surface area contributed by atoms with E-state index in [-0.39, 0.29) is 11.7 Å². The zero-order valence-corrected chi connectivity index (χ0v) is 15.7. The molecule has 0 saturated heterocycles. The standard InChI is InChI=1S/C23H25FN2O/c1-15-8-18-14-26(20-4-2-19(24)3-5-20)7-6-17(18)9-21(15)25-22(27)13-23-10-16(11-23)12-23/h2-5,8-9,16H,6-7,10-14H2,1H3,(H,25,27). The third kappa shape index (κ3) is 3.01. The van der Waals surface area contributed by atoms with Crippen molar-refractivity contribution in [2.45, 2.75) is 45.6 Å². The quantitative estimate of drug-likeness (QED) is 0.843. The molecule has 3 nitrogen and oxygen atoms in total. The van der Waals surface area contributed by atoms with Crippen molar-refractivity contribution in [3.8, 4) is 0 Å². The van der Waals surface area contributed by atoms with E-state index in [1.807, 2.05) is 12.1 Å². The average Bonchev–Trinajstić information content (AvgIpc) is 2.58. The van der Waals surface area contributed by atoms with Gasteiger partial charge in [-0.1, -0.05) is 6.07 Å². The Morgan fingerprint density at radius 1 is 1.19 bits per heavy atom. The molecule has 0 unspecified atom stereocenters. The number of carbonyl (C=O) groups excluding carboxylic acids is 1. The molecule has 4 aliphatic rings. The van der Waals surface area contributed by atoms with Crippen LogP contribution in [0.25, 0.3) is 0 Å². The minimum atomic E-state index is -0.203. The first-order valence-corrected chi connectivity index (χ1v) is 9.92. The molecule has 2 bridgehead atoms. The van der Waals surface area contributed by atoms with Crippen LogP contribution in [0.4, 0.5) is 15.8 Å². The van der Waals surface area contributed by atoms with Crippen molar-refractivity contribution in [3.63, 3.8) is 0 Å². The Morgan fingerprint density at radius 3 is 2.59 bits per heavy atom. The van der Waals surface area contributed by atoms with Crippen molar-refractivity contribution in [1.29, 1.82) is 0 Å². The molecule has 3 fully saturated rings. The number of anilines is 2. The molecule has 1 amide bonds. The van der Waals surface area contributed by atoms with Crippen molar-refractivity contribution < 1.29 is 9.18 Å². The van der Waals surface area contributed by atoms with Crippen LogP contribution in [0.2, 0.25) is 0 Å². The van der Waals surface area contributed by atoms with Gasteiger partial charge in [0.05, 0.1) is 0 Å². The van der Waals surface area contributed by atoms with Gasteiger partial charge in [-0.05, 0) is 91.0 Å². The Hall–Kier alpha value is -2.36. The normalized spacial score (nSPS) is 25.3. The molecule has 1 heterocycles. The predicted octanol–water partition coefficient (Wildman–Crippen LogP) is 4.83. The molecule has 0 spiro atoms. The predicted molar refractivity (Wildman–Crippen MR) is 105 cm³/mol. The summed E-state index contributed by atoms with van der Waals surface area (Å²) in [5.74, 6) is 0.874. The van der Waals surface area contributed by atoms with Crippen LogP contribution in [-0.4, -0.2) is 12.5 Å². The molecule has 3 saturated carbocycles. The van der Waals surface area contributed by atoms with E-state index in [1.165, 1.54) is 42.5 Å². The smallest absolute Gasteiger partial charge is 0.224 e. The Labute approximate surface area is 159 Å². The number of hydrogen-bond acceptors (Lipinski definition) is 2. The molecule has 3 aliphatic carbocycles. The number of nitrogens with one attached hydrogen (secondary N) is 1. The zero-order valence-electron chi connectivity index (χ0n) is 15.7. The van der Waals surface area contributed by atoms with Gasteiger partial charge in [0.1, 0.15) is 5.82 Å². The maximum absolute atomic E-state index is 13.2. The molecular weight excluding hydrogens is 339 g/mol. The summed E-state index contributed by atoms with van der Waals surface area (Å²) in [6, 6.07) is 11.1. The summed E-state index contributed by atoms with van der Waals surface area (Å²) in [5.41, 5.74) is 6.06. The highest BCUT2D eigenvalue weighted by atomic mass is 19.1. The van der Waals surface area contributed by atoms with Crippen molar-refractivity contribution in [2.24, 2.45) is 11.3 Å². The van der Waals surface area contributed by atoms with E-state index in [9.17, 15) is 9.18 Å². The van der Waals surface area contributed by atoms with Gasteiger partial charge >= 0.3 is 0 Å². The lowest BCUT2D eigenvalue weighted by Gasteiger charge is -2.61. The highest BCUT2D eigenvalue weighted by Gasteiger charge is 2.56. The molecule has 0 radical (unpaired) electrons. The molecule has 27 heavy (non-hydrogen) atoms. The number of carbonyl (C=O) groups is 1.